The maximum atomic E-state index is 12.3. The van der Waals surface area contributed by atoms with Crippen LogP contribution in [-0.2, 0) is 0 Å². The molecule has 1 aromatic heterocycles. The average Bonchev–Trinajstić information content (AvgIpc) is 2.37. The molecule has 0 atom stereocenters. The summed E-state index contributed by atoms with van der Waals surface area (Å²) in [7, 11) is 0. The predicted molar refractivity (Wildman–Crippen MR) is 72.5 cm³/mol. The van der Waals surface area contributed by atoms with Crippen molar-refractivity contribution in [2.75, 3.05) is 11.1 Å². The van der Waals surface area contributed by atoms with E-state index in [4.69, 9.17) is 17.3 Å². The number of aryl methyl sites for hydroxylation is 1. The number of halogens is 3. The van der Waals surface area contributed by atoms with Crippen LogP contribution in [0.25, 0.3) is 0 Å². The van der Waals surface area contributed by atoms with E-state index in [1.165, 1.54) is 6.07 Å². The molecule has 0 aliphatic carbocycles. The molecule has 2 rings (SSSR count). The first kappa shape index (κ1) is 14.3. The van der Waals surface area contributed by atoms with E-state index in [9.17, 15) is 8.78 Å². The lowest BCUT2D eigenvalue weighted by Crippen LogP contribution is -2.07. The summed E-state index contributed by atoms with van der Waals surface area (Å²) in [5, 5.41) is 2.81. The van der Waals surface area contributed by atoms with Crippen molar-refractivity contribution in [1.29, 1.82) is 0 Å². The number of aromatic nitrogens is 2. The quantitative estimate of drug-likeness (QED) is 0.847. The van der Waals surface area contributed by atoms with Gasteiger partial charge in [0.25, 0.3) is 0 Å². The van der Waals surface area contributed by atoms with Crippen molar-refractivity contribution in [1.82, 2.24) is 9.97 Å². The number of hydrogen-bond acceptors (Lipinski definition) is 5. The Bertz CT molecular complexity index is 624. The number of anilines is 3. The van der Waals surface area contributed by atoms with Crippen LogP contribution in [0.1, 0.15) is 5.69 Å². The Labute approximate surface area is 118 Å². The van der Waals surface area contributed by atoms with Gasteiger partial charge in [-0.05, 0) is 30.7 Å². The molecule has 0 radical (unpaired) electrons. The predicted octanol–water partition coefficient (Wildman–Crippen LogP) is 3.37. The number of nitrogens with one attached hydrogen (secondary N) is 1. The molecular weight excluding hydrogens is 290 g/mol. The molecule has 0 fully saturated rings. The van der Waals surface area contributed by atoms with Crippen LogP contribution < -0.4 is 15.8 Å². The second-order valence-electron chi connectivity index (χ2n) is 3.84. The monoisotopic (exact) mass is 300 g/mol. The number of para-hydroxylation sites is 2. The molecule has 1 aromatic carbocycles. The molecular formula is C12H11ClF2N4O. The highest BCUT2D eigenvalue weighted by Crippen LogP contribution is 2.31. The van der Waals surface area contributed by atoms with Gasteiger partial charge in [0.05, 0.1) is 17.1 Å². The highest BCUT2D eigenvalue weighted by atomic mass is 35.5. The highest BCUT2D eigenvalue weighted by molar-refractivity contribution is 6.28. The Morgan fingerprint density at radius 2 is 2.00 bits per heavy atom. The summed E-state index contributed by atoms with van der Waals surface area (Å²) in [5.41, 5.74) is 6.88. The summed E-state index contributed by atoms with van der Waals surface area (Å²) in [4.78, 5) is 7.81. The van der Waals surface area contributed by atoms with E-state index in [0.29, 0.717) is 11.4 Å². The Balaban J connectivity index is 2.35. The van der Waals surface area contributed by atoms with Gasteiger partial charge in [0, 0.05) is 0 Å². The van der Waals surface area contributed by atoms with Crippen molar-refractivity contribution in [3.63, 3.8) is 0 Å². The highest BCUT2D eigenvalue weighted by Gasteiger charge is 2.13. The minimum absolute atomic E-state index is 0.00598. The van der Waals surface area contributed by atoms with Gasteiger partial charge >= 0.3 is 6.61 Å². The molecule has 0 saturated heterocycles. The molecule has 0 amide bonds. The Kier molecular flexibility index (Phi) is 4.19. The average molecular weight is 301 g/mol. The standard InChI is InChI=1S/C12H11ClF2N4O/c1-6-9(16)10(19-11(13)17-6)18-7-4-2-3-5-8(7)20-12(14)15/h2-5,12H,16H2,1H3,(H,17,18,19). The number of hydrogen-bond donors (Lipinski definition) is 2. The van der Waals surface area contributed by atoms with E-state index in [1.807, 2.05) is 0 Å². The number of alkyl halides is 2. The van der Waals surface area contributed by atoms with Gasteiger partial charge < -0.3 is 15.8 Å². The van der Waals surface area contributed by atoms with Crippen molar-refractivity contribution < 1.29 is 13.5 Å². The van der Waals surface area contributed by atoms with Crippen LogP contribution in [0.2, 0.25) is 5.28 Å². The van der Waals surface area contributed by atoms with E-state index in [0.717, 1.165) is 0 Å². The van der Waals surface area contributed by atoms with E-state index < -0.39 is 6.61 Å². The van der Waals surface area contributed by atoms with Crippen LogP contribution in [0, 0.1) is 6.92 Å². The van der Waals surface area contributed by atoms with E-state index in [-0.39, 0.29) is 22.5 Å². The zero-order valence-electron chi connectivity index (χ0n) is 10.4. The second-order valence-corrected chi connectivity index (χ2v) is 4.18. The van der Waals surface area contributed by atoms with Crippen molar-refractivity contribution in [2.24, 2.45) is 0 Å². The van der Waals surface area contributed by atoms with E-state index >= 15 is 0 Å². The SMILES string of the molecule is Cc1nc(Cl)nc(Nc2ccccc2OC(F)F)c1N. The third-order valence-electron chi connectivity index (χ3n) is 2.47. The fraction of sp³-hybridized carbons (Fsp3) is 0.167. The van der Waals surface area contributed by atoms with E-state index in [1.54, 1.807) is 25.1 Å². The molecule has 2 aromatic rings. The fourth-order valence-electron chi connectivity index (χ4n) is 1.54. The number of nitrogens with two attached hydrogens (primary N) is 1. The van der Waals surface area contributed by atoms with Crippen molar-refractivity contribution >= 4 is 28.8 Å². The Hall–Kier alpha value is -2.15. The molecule has 0 unspecified atom stereocenters. The van der Waals surface area contributed by atoms with Gasteiger partial charge in [-0.3, -0.25) is 0 Å². The molecule has 0 aliphatic rings. The van der Waals surface area contributed by atoms with Crippen LogP contribution in [0.3, 0.4) is 0 Å². The molecule has 8 heteroatoms. The molecule has 106 valence electrons. The minimum atomic E-state index is -2.92. The summed E-state index contributed by atoms with van der Waals surface area (Å²) in [6, 6.07) is 6.19. The van der Waals surface area contributed by atoms with Crippen molar-refractivity contribution in [3.8, 4) is 5.75 Å². The first-order valence-corrected chi connectivity index (χ1v) is 5.95. The van der Waals surface area contributed by atoms with Gasteiger partial charge in [-0.15, -0.1) is 0 Å². The molecule has 20 heavy (non-hydrogen) atoms. The largest absolute Gasteiger partial charge is 0.433 e. The first-order chi connectivity index (χ1) is 9.47. The number of benzene rings is 1. The van der Waals surface area contributed by atoms with Crippen molar-refractivity contribution in [2.45, 2.75) is 13.5 Å². The molecule has 5 nitrogen and oxygen atoms in total. The van der Waals surface area contributed by atoms with Gasteiger partial charge in [-0.1, -0.05) is 12.1 Å². The Morgan fingerprint density at radius 1 is 1.30 bits per heavy atom. The summed E-state index contributed by atoms with van der Waals surface area (Å²) in [6.45, 7) is -1.26. The van der Waals surface area contributed by atoms with Crippen molar-refractivity contribution in [3.05, 3.63) is 35.2 Å². The molecule has 0 aliphatic heterocycles. The maximum absolute atomic E-state index is 12.3. The molecule has 1 heterocycles. The normalized spacial score (nSPS) is 10.7. The number of ether oxygens (including phenoxy) is 1. The molecule has 3 N–H and O–H groups in total. The minimum Gasteiger partial charge on any atom is -0.433 e. The summed E-state index contributed by atoms with van der Waals surface area (Å²) in [6.07, 6.45) is 0. The van der Waals surface area contributed by atoms with E-state index in [2.05, 4.69) is 20.0 Å². The van der Waals surface area contributed by atoms with Crippen LogP contribution in [0.15, 0.2) is 24.3 Å². The van der Waals surface area contributed by atoms with Gasteiger partial charge in [0.1, 0.15) is 5.75 Å². The Morgan fingerprint density at radius 3 is 2.70 bits per heavy atom. The molecule has 0 spiro atoms. The second kappa shape index (κ2) is 5.87. The molecule has 0 saturated carbocycles. The zero-order chi connectivity index (χ0) is 14.7. The van der Waals surface area contributed by atoms with Gasteiger partial charge in [-0.2, -0.15) is 13.8 Å². The maximum Gasteiger partial charge on any atom is 0.387 e. The number of rotatable bonds is 4. The van der Waals surface area contributed by atoms with Gasteiger partial charge in [0.15, 0.2) is 5.82 Å². The number of nitrogen functional groups attached to an aromatic ring is 1. The van der Waals surface area contributed by atoms with Crippen LogP contribution in [-0.4, -0.2) is 16.6 Å². The zero-order valence-corrected chi connectivity index (χ0v) is 11.2. The molecule has 0 bridgehead atoms. The van der Waals surface area contributed by atoms with Gasteiger partial charge in [0.2, 0.25) is 5.28 Å². The van der Waals surface area contributed by atoms with Crippen LogP contribution >= 0.6 is 11.6 Å². The fourth-order valence-corrected chi connectivity index (χ4v) is 1.75. The van der Waals surface area contributed by atoms with Crippen LogP contribution in [0.5, 0.6) is 5.75 Å². The summed E-state index contributed by atoms with van der Waals surface area (Å²) >= 11 is 5.74. The van der Waals surface area contributed by atoms with Gasteiger partial charge in [-0.25, -0.2) is 4.98 Å². The summed E-state index contributed by atoms with van der Waals surface area (Å²) in [5.74, 6) is 0.210. The topological polar surface area (TPSA) is 73.1 Å². The lowest BCUT2D eigenvalue weighted by Gasteiger charge is -2.14. The smallest absolute Gasteiger partial charge is 0.387 e. The third kappa shape index (κ3) is 3.24. The lowest BCUT2D eigenvalue weighted by molar-refractivity contribution is -0.0493. The summed E-state index contributed by atoms with van der Waals surface area (Å²) < 4.78 is 29.1. The number of nitrogens with zero attached hydrogens (tertiary/aromatic N) is 2. The first-order valence-electron chi connectivity index (χ1n) is 5.58. The lowest BCUT2D eigenvalue weighted by atomic mass is 10.2. The van der Waals surface area contributed by atoms with Crippen LogP contribution in [0.4, 0.5) is 26.0 Å². The third-order valence-corrected chi connectivity index (χ3v) is 2.63.